The van der Waals surface area contributed by atoms with E-state index in [0.717, 1.165) is 10.9 Å². The molecule has 0 aromatic heterocycles. The molecule has 1 aromatic rings. The Labute approximate surface area is 102 Å². The van der Waals surface area contributed by atoms with Crippen molar-refractivity contribution in [2.45, 2.75) is 25.4 Å². The van der Waals surface area contributed by atoms with Gasteiger partial charge in [-0.25, -0.2) is 0 Å². The van der Waals surface area contributed by atoms with E-state index in [2.05, 4.69) is 15.9 Å². The number of benzene rings is 1. The molecule has 0 radical (unpaired) electrons. The first-order chi connectivity index (χ1) is 7.15. The average molecular weight is 290 g/mol. The maximum atomic E-state index is 11.1. The molecular weight excluding hydrogens is 279 g/mol. The number of Topliss-reactive ketones (excluding diaryl/α,β-unsaturated/α-hetero) is 1. The number of halogens is 2. The SMILES string of the molecule is O=C1CCC(Oc2ccc(Br)cc2Cl)C1. The van der Waals surface area contributed by atoms with Gasteiger partial charge >= 0.3 is 0 Å². The highest BCUT2D eigenvalue weighted by Gasteiger charge is 2.24. The third kappa shape index (κ3) is 2.73. The van der Waals surface area contributed by atoms with Crippen molar-refractivity contribution in [2.24, 2.45) is 0 Å². The highest BCUT2D eigenvalue weighted by Crippen LogP contribution is 2.30. The second kappa shape index (κ2) is 4.54. The summed E-state index contributed by atoms with van der Waals surface area (Å²) in [5.41, 5.74) is 0. The second-order valence-corrected chi connectivity index (χ2v) is 4.92. The number of carbonyl (C=O) groups is 1. The van der Waals surface area contributed by atoms with Crippen LogP contribution >= 0.6 is 27.5 Å². The molecule has 0 amide bonds. The first kappa shape index (κ1) is 11.0. The number of ketones is 1. The fourth-order valence-electron chi connectivity index (χ4n) is 1.63. The van der Waals surface area contributed by atoms with Crippen LogP contribution in [0.3, 0.4) is 0 Å². The van der Waals surface area contributed by atoms with Gasteiger partial charge in [-0.1, -0.05) is 27.5 Å². The Hall–Kier alpha value is -0.540. The van der Waals surface area contributed by atoms with Crippen molar-refractivity contribution in [3.8, 4) is 5.75 Å². The van der Waals surface area contributed by atoms with E-state index in [1.165, 1.54) is 0 Å². The molecule has 1 aromatic carbocycles. The van der Waals surface area contributed by atoms with Crippen LogP contribution in [-0.2, 0) is 4.79 Å². The van der Waals surface area contributed by atoms with Crippen molar-refractivity contribution >= 4 is 33.3 Å². The summed E-state index contributed by atoms with van der Waals surface area (Å²) in [4.78, 5) is 11.1. The molecule has 15 heavy (non-hydrogen) atoms. The number of ether oxygens (including phenoxy) is 1. The monoisotopic (exact) mass is 288 g/mol. The number of hydrogen-bond donors (Lipinski definition) is 0. The molecule has 4 heteroatoms. The Morgan fingerprint density at radius 3 is 2.87 bits per heavy atom. The van der Waals surface area contributed by atoms with Gasteiger partial charge in [-0.05, 0) is 24.6 Å². The lowest BCUT2D eigenvalue weighted by molar-refractivity contribution is -0.117. The lowest BCUT2D eigenvalue weighted by atomic mass is 10.3. The lowest BCUT2D eigenvalue weighted by Gasteiger charge is -2.13. The van der Waals surface area contributed by atoms with Crippen molar-refractivity contribution in [3.05, 3.63) is 27.7 Å². The smallest absolute Gasteiger partial charge is 0.138 e. The predicted octanol–water partition coefficient (Wildman–Crippen LogP) is 3.60. The van der Waals surface area contributed by atoms with Gasteiger partial charge in [-0.2, -0.15) is 0 Å². The van der Waals surface area contributed by atoms with Gasteiger partial charge in [0.2, 0.25) is 0 Å². The van der Waals surface area contributed by atoms with Crippen molar-refractivity contribution in [1.82, 2.24) is 0 Å². The molecule has 0 spiro atoms. The van der Waals surface area contributed by atoms with E-state index >= 15 is 0 Å². The minimum absolute atomic E-state index is 0.00354. The largest absolute Gasteiger partial charge is 0.488 e. The summed E-state index contributed by atoms with van der Waals surface area (Å²) < 4.78 is 6.58. The summed E-state index contributed by atoms with van der Waals surface area (Å²) in [5.74, 6) is 0.924. The van der Waals surface area contributed by atoms with E-state index < -0.39 is 0 Å². The maximum absolute atomic E-state index is 11.1. The van der Waals surface area contributed by atoms with Crippen molar-refractivity contribution < 1.29 is 9.53 Å². The summed E-state index contributed by atoms with van der Waals surface area (Å²) in [6.45, 7) is 0. The summed E-state index contributed by atoms with van der Waals surface area (Å²) in [5, 5.41) is 0.573. The molecule has 1 saturated carbocycles. The Bertz CT molecular complexity index is 392. The zero-order chi connectivity index (χ0) is 10.8. The topological polar surface area (TPSA) is 26.3 Å². The van der Waals surface area contributed by atoms with Gasteiger partial charge in [0.25, 0.3) is 0 Å². The Morgan fingerprint density at radius 2 is 2.27 bits per heavy atom. The lowest BCUT2D eigenvalue weighted by Crippen LogP contribution is -2.12. The van der Waals surface area contributed by atoms with Crippen LogP contribution in [0.25, 0.3) is 0 Å². The molecule has 0 aliphatic heterocycles. The van der Waals surface area contributed by atoms with Gasteiger partial charge < -0.3 is 4.74 Å². The van der Waals surface area contributed by atoms with Crippen LogP contribution in [0.5, 0.6) is 5.75 Å². The first-order valence-corrected chi connectivity index (χ1v) is 5.95. The molecule has 0 N–H and O–H groups in total. The van der Waals surface area contributed by atoms with Crippen LogP contribution in [0.15, 0.2) is 22.7 Å². The molecule has 2 rings (SSSR count). The third-order valence-electron chi connectivity index (χ3n) is 2.39. The zero-order valence-corrected chi connectivity index (χ0v) is 10.3. The predicted molar refractivity (Wildman–Crippen MR) is 62.4 cm³/mol. The molecule has 0 saturated heterocycles. The quantitative estimate of drug-likeness (QED) is 0.831. The first-order valence-electron chi connectivity index (χ1n) is 4.78. The molecule has 2 nitrogen and oxygen atoms in total. The normalized spacial score (nSPS) is 20.7. The van der Waals surface area contributed by atoms with Crippen LogP contribution in [0.4, 0.5) is 0 Å². The van der Waals surface area contributed by atoms with E-state index in [1.807, 2.05) is 12.1 Å². The van der Waals surface area contributed by atoms with E-state index in [0.29, 0.717) is 23.6 Å². The number of carbonyl (C=O) groups excluding carboxylic acids is 1. The van der Waals surface area contributed by atoms with Crippen LogP contribution in [0.2, 0.25) is 5.02 Å². The van der Waals surface area contributed by atoms with Crippen LogP contribution in [-0.4, -0.2) is 11.9 Å². The Kier molecular flexibility index (Phi) is 3.32. The van der Waals surface area contributed by atoms with Crippen LogP contribution in [0, 0.1) is 0 Å². The van der Waals surface area contributed by atoms with Gasteiger partial charge in [0.1, 0.15) is 17.6 Å². The average Bonchev–Trinajstić information content (AvgIpc) is 2.56. The minimum Gasteiger partial charge on any atom is -0.488 e. The second-order valence-electron chi connectivity index (χ2n) is 3.60. The van der Waals surface area contributed by atoms with E-state index in [-0.39, 0.29) is 11.9 Å². The van der Waals surface area contributed by atoms with Gasteiger partial charge in [0, 0.05) is 17.3 Å². The maximum Gasteiger partial charge on any atom is 0.138 e. The van der Waals surface area contributed by atoms with Gasteiger partial charge in [0.05, 0.1) is 5.02 Å². The fourth-order valence-corrected chi connectivity index (χ4v) is 2.35. The van der Waals surface area contributed by atoms with Crippen molar-refractivity contribution in [2.75, 3.05) is 0 Å². The Morgan fingerprint density at radius 1 is 1.47 bits per heavy atom. The molecule has 1 atom stereocenters. The molecule has 1 aliphatic rings. The summed E-state index contributed by atoms with van der Waals surface area (Å²) in [6.07, 6.45) is 1.92. The summed E-state index contributed by atoms with van der Waals surface area (Å²) >= 11 is 9.33. The van der Waals surface area contributed by atoms with Gasteiger partial charge in [-0.15, -0.1) is 0 Å². The van der Waals surface area contributed by atoms with Gasteiger partial charge in [0.15, 0.2) is 0 Å². The molecular formula is C11H10BrClO2. The fraction of sp³-hybridized carbons (Fsp3) is 0.364. The van der Waals surface area contributed by atoms with Crippen molar-refractivity contribution in [3.63, 3.8) is 0 Å². The highest BCUT2D eigenvalue weighted by molar-refractivity contribution is 9.10. The number of rotatable bonds is 2. The molecule has 1 fully saturated rings. The van der Waals surface area contributed by atoms with E-state index in [9.17, 15) is 4.79 Å². The van der Waals surface area contributed by atoms with E-state index in [1.54, 1.807) is 6.07 Å². The number of hydrogen-bond acceptors (Lipinski definition) is 2. The molecule has 0 bridgehead atoms. The summed E-state index contributed by atoms with van der Waals surface area (Å²) in [7, 11) is 0. The standard InChI is InChI=1S/C11H10BrClO2/c12-7-1-4-11(10(13)5-7)15-9-3-2-8(14)6-9/h1,4-5,9H,2-3,6H2. The summed E-state index contributed by atoms with van der Waals surface area (Å²) in [6, 6.07) is 5.47. The molecule has 1 aliphatic carbocycles. The van der Waals surface area contributed by atoms with Crippen LogP contribution < -0.4 is 4.74 Å². The zero-order valence-electron chi connectivity index (χ0n) is 8.00. The molecule has 0 heterocycles. The van der Waals surface area contributed by atoms with Crippen LogP contribution in [0.1, 0.15) is 19.3 Å². The van der Waals surface area contributed by atoms with Crippen molar-refractivity contribution in [1.29, 1.82) is 0 Å². The van der Waals surface area contributed by atoms with E-state index in [4.69, 9.17) is 16.3 Å². The highest BCUT2D eigenvalue weighted by atomic mass is 79.9. The Balaban J connectivity index is 2.07. The third-order valence-corrected chi connectivity index (χ3v) is 3.18. The molecule has 1 unspecified atom stereocenters. The minimum atomic E-state index is -0.00354. The van der Waals surface area contributed by atoms with Gasteiger partial charge in [-0.3, -0.25) is 4.79 Å². The molecule has 80 valence electrons.